The summed E-state index contributed by atoms with van der Waals surface area (Å²) >= 11 is 0. The summed E-state index contributed by atoms with van der Waals surface area (Å²) in [6.45, 7) is 8.04. The molecule has 4 heteroatoms. The van der Waals surface area contributed by atoms with Crippen LogP contribution in [0.15, 0.2) is 0 Å². The third-order valence-corrected chi connectivity index (χ3v) is 3.44. The summed E-state index contributed by atoms with van der Waals surface area (Å²) in [6.07, 6.45) is 1.19. The van der Waals surface area contributed by atoms with Crippen molar-refractivity contribution in [1.82, 2.24) is 0 Å². The number of carbonyl (C=O) groups is 1. The van der Waals surface area contributed by atoms with Gasteiger partial charge in [0.15, 0.2) is 0 Å². The molecule has 1 aliphatic rings. The molecule has 15 heavy (non-hydrogen) atoms. The highest BCUT2D eigenvalue weighted by atomic mass is 16.6. The highest BCUT2D eigenvalue weighted by Crippen LogP contribution is 2.39. The van der Waals surface area contributed by atoms with Crippen LogP contribution < -0.4 is 0 Å². The lowest BCUT2D eigenvalue weighted by Gasteiger charge is -2.36. The zero-order chi connectivity index (χ0) is 11.8. The third kappa shape index (κ3) is 2.55. The Kier molecular flexibility index (Phi) is 3.16. The highest BCUT2D eigenvalue weighted by Gasteiger charge is 2.44. The fraction of sp³-hybridized carbons (Fsp3) is 0.909. The van der Waals surface area contributed by atoms with Crippen molar-refractivity contribution in [2.75, 3.05) is 0 Å². The van der Waals surface area contributed by atoms with Crippen LogP contribution in [0.4, 0.5) is 0 Å². The number of carbonyl (C=O) groups excluding carboxylic acids is 1. The Bertz CT molecular complexity index is 280. The molecule has 1 fully saturated rings. The molecule has 0 N–H and O–H groups in total. The average Bonchev–Trinajstić information content (AvgIpc) is 2.06. The smallest absolute Gasteiger partial charge is 0.270 e. The second-order valence-corrected chi connectivity index (χ2v) is 5.64. The Hall–Kier alpha value is -0.930. The van der Waals surface area contributed by atoms with Crippen molar-refractivity contribution >= 4 is 5.78 Å². The Balaban J connectivity index is 2.85. The van der Waals surface area contributed by atoms with Crippen LogP contribution in [0, 0.1) is 27.4 Å². The summed E-state index contributed by atoms with van der Waals surface area (Å²) in [4.78, 5) is 21.9. The van der Waals surface area contributed by atoms with Gasteiger partial charge in [0, 0.05) is 17.3 Å². The Morgan fingerprint density at radius 3 is 2.27 bits per heavy atom. The van der Waals surface area contributed by atoms with Gasteiger partial charge in [-0.2, -0.15) is 0 Å². The lowest BCUT2D eigenvalue weighted by atomic mass is 9.67. The van der Waals surface area contributed by atoms with Crippen LogP contribution in [-0.4, -0.2) is 16.7 Å². The zero-order valence-electron chi connectivity index (χ0n) is 9.82. The highest BCUT2D eigenvalue weighted by molar-refractivity contribution is 5.85. The molecule has 0 spiro atoms. The Morgan fingerprint density at radius 2 is 1.87 bits per heavy atom. The van der Waals surface area contributed by atoms with Gasteiger partial charge in [0.05, 0.1) is 0 Å². The summed E-state index contributed by atoms with van der Waals surface area (Å²) in [5.41, 5.74) is 0.0449. The lowest BCUT2D eigenvalue weighted by Crippen LogP contribution is -2.43. The molecule has 0 aliphatic heterocycles. The van der Waals surface area contributed by atoms with Crippen molar-refractivity contribution in [3.8, 4) is 0 Å². The van der Waals surface area contributed by atoms with Gasteiger partial charge in [-0.25, -0.2) is 0 Å². The van der Waals surface area contributed by atoms with Gasteiger partial charge in [-0.15, -0.1) is 0 Å². The van der Waals surface area contributed by atoms with E-state index in [0.717, 1.165) is 6.42 Å². The van der Waals surface area contributed by atoms with Crippen molar-refractivity contribution < 1.29 is 9.72 Å². The molecular formula is C11H19NO3. The minimum Gasteiger partial charge on any atom is -0.292 e. The summed E-state index contributed by atoms with van der Waals surface area (Å²) in [6, 6.07) is -0.974. The molecule has 0 heterocycles. The van der Waals surface area contributed by atoms with Gasteiger partial charge in [0.2, 0.25) is 5.78 Å². The van der Waals surface area contributed by atoms with Crippen LogP contribution in [0.5, 0.6) is 0 Å². The first kappa shape index (κ1) is 12.1. The monoisotopic (exact) mass is 213 g/mol. The predicted molar refractivity (Wildman–Crippen MR) is 57.1 cm³/mol. The topological polar surface area (TPSA) is 60.2 Å². The van der Waals surface area contributed by atoms with Crippen LogP contribution in [0.3, 0.4) is 0 Å². The molecule has 0 saturated heterocycles. The molecule has 1 aliphatic carbocycles. The number of rotatable bonds is 1. The van der Waals surface area contributed by atoms with Crippen molar-refractivity contribution in [3.63, 3.8) is 0 Å². The molecule has 4 nitrogen and oxygen atoms in total. The van der Waals surface area contributed by atoms with E-state index in [2.05, 4.69) is 20.8 Å². The number of hydrogen-bond donors (Lipinski definition) is 0. The van der Waals surface area contributed by atoms with E-state index in [4.69, 9.17) is 0 Å². The molecule has 3 unspecified atom stereocenters. The molecule has 1 saturated carbocycles. The summed E-state index contributed by atoms with van der Waals surface area (Å²) in [5, 5.41) is 10.8. The summed E-state index contributed by atoms with van der Waals surface area (Å²) in [5.74, 6) is -0.0977. The van der Waals surface area contributed by atoms with E-state index in [9.17, 15) is 14.9 Å². The van der Waals surface area contributed by atoms with Crippen molar-refractivity contribution in [1.29, 1.82) is 0 Å². The lowest BCUT2D eigenvalue weighted by molar-refractivity contribution is -0.512. The van der Waals surface area contributed by atoms with E-state index in [1.165, 1.54) is 0 Å². The van der Waals surface area contributed by atoms with E-state index in [-0.39, 0.29) is 23.0 Å². The van der Waals surface area contributed by atoms with Gasteiger partial charge in [0.25, 0.3) is 6.04 Å². The van der Waals surface area contributed by atoms with Crippen LogP contribution in [0.25, 0.3) is 0 Å². The van der Waals surface area contributed by atoms with Gasteiger partial charge < -0.3 is 0 Å². The summed E-state index contributed by atoms with van der Waals surface area (Å²) < 4.78 is 0. The molecule has 86 valence electrons. The van der Waals surface area contributed by atoms with E-state index in [1.54, 1.807) is 6.92 Å². The number of ketones is 1. The summed E-state index contributed by atoms with van der Waals surface area (Å²) in [7, 11) is 0. The second-order valence-electron chi connectivity index (χ2n) is 5.64. The van der Waals surface area contributed by atoms with Crippen LogP contribution in [-0.2, 0) is 4.79 Å². The first-order chi connectivity index (χ1) is 6.73. The standard InChI is InChI=1S/C11H19NO3/c1-7-5-8(11(2,3)4)6-9(10(7)13)12(14)15/h7-9H,5-6H2,1-4H3. The second kappa shape index (κ2) is 3.91. The van der Waals surface area contributed by atoms with Crippen LogP contribution in [0.1, 0.15) is 40.5 Å². The van der Waals surface area contributed by atoms with Gasteiger partial charge in [-0.05, 0) is 17.8 Å². The maximum absolute atomic E-state index is 11.6. The first-order valence-corrected chi connectivity index (χ1v) is 5.40. The van der Waals surface area contributed by atoms with Gasteiger partial charge >= 0.3 is 0 Å². The number of nitrogens with zero attached hydrogens (tertiary/aromatic N) is 1. The number of Topliss-reactive ketones (excluding diaryl/α,β-unsaturated/α-hetero) is 1. The Labute approximate surface area is 90.2 Å². The maximum atomic E-state index is 11.6. The number of hydrogen-bond acceptors (Lipinski definition) is 3. The van der Waals surface area contributed by atoms with E-state index >= 15 is 0 Å². The van der Waals surface area contributed by atoms with Gasteiger partial charge in [-0.1, -0.05) is 27.7 Å². The van der Waals surface area contributed by atoms with Crippen LogP contribution in [0.2, 0.25) is 0 Å². The van der Waals surface area contributed by atoms with Crippen LogP contribution >= 0.6 is 0 Å². The van der Waals surface area contributed by atoms with Crippen molar-refractivity contribution in [2.24, 2.45) is 17.3 Å². The third-order valence-electron chi connectivity index (χ3n) is 3.44. The van der Waals surface area contributed by atoms with E-state index < -0.39 is 11.0 Å². The zero-order valence-corrected chi connectivity index (χ0v) is 9.82. The fourth-order valence-corrected chi connectivity index (χ4v) is 2.25. The molecule has 0 aromatic heterocycles. The molecule has 3 atom stereocenters. The number of nitro groups is 1. The molecule has 0 aromatic carbocycles. The quantitative estimate of drug-likeness (QED) is 0.496. The Morgan fingerprint density at radius 1 is 1.33 bits per heavy atom. The van der Waals surface area contributed by atoms with Crippen molar-refractivity contribution in [3.05, 3.63) is 10.1 Å². The van der Waals surface area contributed by atoms with E-state index in [1.807, 2.05) is 0 Å². The molecule has 0 aromatic rings. The average molecular weight is 213 g/mol. The fourth-order valence-electron chi connectivity index (χ4n) is 2.25. The maximum Gasteiger partial charge on any atom is 0.270 e. The minimum absolute atomic E-state index is 0.0449. The normalized spacial score (nSPS) is 32.8. The minimum atomic E-state index is -0.974. The molecule has 0 radical (unpaired) electrons. The van der Waals surface area contributed by atoms with Crippen molar-refractivity contribution in [2.45, 2.75) is 46.6 Å². The predicted octanol–water partition coefficient (Wildman–Crippen LogP) is 2.29. The molecule has 0 bridgehead atoms. The SMILES string of the molecule is CC1CC(C(C)(C)C)CC([N+](=O)[O-])C1=O. The first-order valence-electron chi connectivity index (χ1n) is 5.40. The van der Waals surface area contributed by atoms with Gasteiger partial charge in [-0.3, -0.25) is 14.9 Å². The molecule has 0 amide bonds. The molecular weight excluding hydrogens is 194 g/mol. The largest absolute Gasteiger partial charge is 0.292 e. The van der Waals surface area contributed by atoms with E-state index in [0.29, 0.717) is 6.42 Å². The molecule has 1 rings (SSSR count). The van der Waals surface area contributed by atoms with Gasteiger partial charge in [0.1, 0.15) is 0 Å².